The number of aliphatic hydroxyl groups excluding tert-OH is 1. The number of ether oxygens (including phenoxy) is 1. The standard InChI is InChI=1S/C14H16BrNO2S/c1-18-10-4-2-9(3-5-10)11(8-16)14(17)12-6-7-13(15)19-12/h2-7,11,14,17H,8,16H2,1H3. The third-order valence-corrected chi connectivity index (χ3v) is 4.76. The molecule has 2 atom stereocenters. The van der Waals surface area contributed by atoms with E-state index in [2.05, 4.69) is 15.9 Å². The van der Waals surface area contributed by atoms with Gasteiger partial charge in [-0.15, -0.1) is 11.3 Å². The van der Waals surface area contributed by atoms with Crippen LogP contribution in [0.4, 0.5) is 0 Å². The summed E-state index contributed by atoms with van der Waals surface area (Å²) in [6.45, 7) is 0.392. The van der Waals surface area contributed by atoms with Crippen molar-refractivity contribution in [3.63, 3.8) is 0 Å². The average molecular weight is 342 g/mol. The molecular formula is C14H16BrNO2S. The minimum Gasteiger partial charge on any atom is -0.497 e. The molecule has 0 spiro atoms. The van der Waals surface area contributed by atoms with Crippen molar-refractivity contribution in [2.45, 2.75) is 12.0 Å². The number of methoxy groups -OCH3 is 1. The van der Waals surface area contributed by atoms with E-state index in [4.69, 9.17) is 10.5 Å². The first-order valence-electron chi connectivity index (χ1n) is 5.93. The quantitative estimate of drug-likeness (QED) is 0.877. The summed E-state index contributed by atoms with van der Waals surface area (Å²) in [7, 11) is 1.63. The maximum absolute atomic E-state index is 10.5. The molecule has 3 nitrogen and oxygen atoms in total. The molecule has 0 aliphatic rings. The summed E-state index contributed by atoms with van der Waals surface area (Å²) in [6, 6.07) is 11.5. The van der Waals surface area contributed by atoms with Crippen LogP contribution in [0.3, 0.4) is 0 Å². The number of aliphatic hydroxyl groups is 1. The highest BCUT2D eigenvalue weighted by atomic mass is 79.9. The first-order valence-corrected chi connectivity index (χ1v) is 7.54. The second kappa shape index (κ2) is 6.52. The summed E-state index contributed by atoms with van der Waals surface area (Å²) in [5.74, 6) is 0.685. The number of benzene rings is 1. The molecule has 1 aromatic heterocycles. The third-order valence-electron chi connectivity index (χ3n) is 3.06. The van der Waals surface area contributed by atoms with Crippen LogP contribution in [0.5, 0.6) is 5.75 Å². The van der Waals surface area contributed by atoms with Gasteiger partial charge in [0.05, 0.1) is 17.0 Å². The Labute approximate surface area is 125 Å². The lowest BCUT2D eigenvalue weighted by molar-refractivity contribution is 0.151. The highest BCUT2D eigenvalue weighted by molar-refractivity contribution is 9.11. The van der Waals surface area contributed by atoms with E-state index < -0.39 is 6.10 Å². The number of nitrogens with two attached hydrogens (primary N) is 1. The Morgan fingerprint density at radius 2 is 1.95 bits per heavy atom. The van der Waals surface area contributed by atoms with Crippen molar-refractivity contribution in [2.75, 3.05) is 13.7 Å². The molecule has 0 fully saturated rings. The summed E-state index contributed by atoms with van der Waals surface area (Å²) < 4.78 is 6.14. The average Bonchev–Trinajstić information content (AvgIpc) is 2.87. The van der Waals surface area contributed by atoms with Crippen LogP contribution in [0.1, 0.15) is 22.5 Å². The van der Waals surface area contributed by atoms with Crippen LogP contribution >= 0.6 is 27.3 Å². The van der Waals surface area contributed by atoms with Crippen LogP contribution in [-0.4, -0.2) is 18.8 Å². The zero-order chi connectivity index (χ0) is 13.8. The minimum absolute atomic E-state index is 0.114. The lowest BCUT2D eigenvalue weighted by Gasteiger charge is -2.21. The Hall–Kier alpha value is -0.880. The third kappa shape index (κ3) is 3.36. The molecule has 0 aliphatic carbocycles. The Bertz CT molecular complexity index is 526. The van der Waals surface area contributed by atoms with E-state index in [1.165, 1.54) is 11.3 Å². The van der Waals surface area contributed by atoms with Gasteiger partial charge in [-0.2, -0.15) is 0 Å². The molecule has 0 amide bonds. The number of hydrogen-bond donors (Lipinski definition) is 2. The zero-order valence-corrected chi connectivity index (χ0v) is 12.9. The van der Waals surface area contributed by atoms with Gasteiger partial charge in [-0.3, -0.25) is 0 Å². The van der Waals surface area contributed by atoms with E-state index >= 15 is 0 Å². The second-order valence-electron chi connectivity index (χ2n) is 4.20. The fraction of sp³-hybridized carbons (Fsp3) is 0.286. The van der Waals surface area contributed by atoms with Crippen LogP contribution in [0.25, 0.3) is 0 Å². The van der Waals surface area contributed by atoms with Gasteiger partial charge in [0.15, 0.2) is 0 Å². The van der Waals surface area contributed by atoms with Gasteiger partial charge in [0, 0.05) is 17.3 Å². The summed E-state index contributed by atoms with van der Waals surface area (Å²) in [6.07, 6.45) is -0.588. The number of hydrogen-bond acceptors (Lipinski definition) is 4. The predicted molar refractivity (Wildman–Crippen MR) is 81.8 cm³/mol. The molecule has 1 aromatic carbocycles. The molecule has 5 heteroatoms. The van der Waals surface area contributed by atoms with Crippen molar-refractivity contribution in [3.05, 3.63) is 50.6 Å². The number of rotatable bonds is 5. The number of halogens is 1. The molecule has 102 valence electrons. The van der Waals surface area contributed by atoms with E-state index in [0.717, 1.165) is 20.0 Å². The van der Waals surface area contributed by atoms with Gasteiger partial charge in [0.25, 0.3) is 0 Å². The summed E-state index contributed by atoms with van der Waals surface area (Å²) in [5.41, 5.74) is 6.84. The molecule has 0 aliphatic heterocycles. The van der Waals surface area contributed by atoms with Crippen molar-refractivity contribution in [1.29, 1.82) is 0 Å². The number of thiophene rings is 1. The van der Waals surface area contributed by atoms with Crippen molar-refractivity contribution in [3.8, 4) is 5.75 Å². The fourth-order valence-electron chi connectivity index (χ4n) is 1.98. The Balaban J connectivity index is 2.23. The van der Waals surface area contributed by atoms with Gasteiger partial charge in [-0.1, -0.05) is 12.1 Å². The van der Waals surface area contributed by atoms with Crippen molar-refractivity contribution >= 4 is 27.3 Å². The van der Waals surface area contributed by atoms with Crippen LogP contribution < -0.4 is 10.5 Å². The molecule has 0 saturated carbocycles. The van der Waals surface area contributed by atoms with Crippen LogP contribution in [-0.2, 0) is 0 Å². The largest absolute Gasteiger partial charge is 0.497 e. The fourth-order valence-corrected chi connectivity index (χ4v) is 3.46. The molecule has 2 rings (SSSR count). The Morgan fingerprint density at radius 1 is 1.26 bits per heavy atom. The second-order valence-corrected chi connectivity index (χ2v) is 6.70. The van der Waals surface area contributed by atoms with E-state index in [9.17, 15) is 5.11 Å². The maximum atomic E-state index is 10.5. The van der Waals surface area contributed by atoms with Crippen LogP contribution in [0.15, 0.2) is 40.2 Å². The summed E-state index contributed by atoms with van der Waals surface area (Å²) >= 11 is 4.93. The molecular weight excluding hydrogens is 326 g/mol. The van der Waals surface area contributed by atoms with Gasteiger partial charge < -0.3 is 15.6 Å². The SMILES string of the molecule is COc1ccc(C(CN)C(O)c2ccc(Br)s2)cc1. The highest BCUT2D eigenvalue weighted by Crippen LogP contribution is 2.36. The molecule has 3 N–H and O–H groups in total. The van der Waals surface area contributed by atoms with Gasteiger partial charge in [0.1, 0.15) is 5.75 Å². The molecule has 2 unspecified atom stereocenters. The smallest absolute Gasteiger partial charge is 0.118 e. The lowest BCUT2D eigenvalue weighted by Crippen LogP contribution is -2.19. The van der Waals surface area contributed by atoms with E-state index in [-0.39, 0.29) is 5.92 Å². The van der Waals surface area contributed by atoms with Gasteiger partial charge >= 0.3 is 0 Å². The van der Waals surface area contributed by atoms with Crippen molar-refractivity contribution in [2.24, 2.45) is 5.73 Å². The van der Waals surface area contributed by atoms with Gasteiger partial charge in [-0.05, 0) is 45.8 Å². The van der Waals surface area contributed by atoms with Crippen molar-refractivity contribution < 1.29 is 9.84 Å². The maximum Gasteiger partial charge on any atom is 0.118 e. The topological polar surface area (TPSA) is 55.5 Å². The van der Waals surface area contributed by atoms with Gasteiger partial charge in [-0.25, -0.2) is 0 Å². The minimum atomic E-state index is -0.588. The zero-order valence-electron chi connectivity index (χ0n) is 10.5. The normalized spacial score (nSPS) is 14.1. The first kappa shape index (κ1) is 14.5. The Kier molecular flexibility index (Phi) is 4.99. The molecule has 1 heterocycles. The predicted octanol–water partition coefficient (Wildman–Crippen LogP) is 3.30. The molecule has 2 aromatic rings. The van der Waals surface area contributed by atoms with Crippen molar-refractivity contribution in [1.82, 2.24) is 0 Å². The van der Waals surface area contributed by atoms with E-state index in [1.54, 1.807) is 7.11 Å². The molecule has 0 bridgehead atoms. The summed E-state index contributed by atoms with van der Waals surface area (Å²) in [4.78, 5) is 0.915. The summed E-state index contributed by atoms with van der Waals surface area (Å²) in [5, 5.41) is 10.5. The highest BCUT2D eigenvalue weighted by Gasteiger charge is 2.22. The monoisotopic (exact) mass is 341 g/mol. The lowest BCUT2D eigenvalue weighted by atomic mass is 9.92. The van der Waals surface area contributed by atoms with Crippen LogP contribution in [0.2, 0.25) is 0 Å². The van der Waals surface area contributed by atoms with Crippen LogP contribution in [0, 0.1) is 0 Å². The van der Waals surface area contributed by atoms with Gasteiger partial charge in [0.2, 0.25) is 0 Å². The molecule has 0 radical (unpaired) electrons. The molecule has 0 saturated heterocycles. The Morgan fingerprint density at radius 3 is 2.42 bits per heavy atom. The van der Waals surface area contributed by atoms with E-state index in [1.807, 2.05) is 36.4 Å². The first-order chi connectivity index (χ1) is 9.15. The molecule has 19 heavy (non-hydrogen) atoms. The van der Waals surface area contributed by atoms with E-state index in [0.29, 0.717) is 6.54 Å².